The molecule has 3 unspecified atom stereocenters. The number of hydrogen-bond donors (Lipinski definition) is 2. The maximum Gasteiger partial charge on any atom is 0.0599 e. The average Bonchev–Trinajstić information content (AvgIpc) is 2.51. The highest BCUT2D eigenvalue weighted by Gasteiger charge is 2.26. The van der Waals surface area contributed by atoms with Crippen LogP contribution in [0.3, 0.4) is 0 Å². The van der Waals surface area contributed by atoms with Gasteiger partial charge in [0.2, 0.25) is 0 Å². The Hall–Kier alpha value is -1.06. The maximum atomic E-state index is 9.94. The molecule has 1 aromatic rings. The molecule has 0 spiro atoms. The van der Waals surface area contributed by atoms with E-state index in [9.17, 15) is 5.11 Å². The van der Waals surface area contributed by atoms with Crippen molar-refractivity contribution in [3.63, 3.8) is 0 Å². The summed E-state index contributed by atoms with van der Waals surface area (Å²) >= 11 is 0. The molecule has 1 aromatic carbocycles. The molecule has 3 heteroatoms. The topological polar surface area (TPSA) is 35.5 Å². The second-order valence-electron chi connectivity index (χ2n) is 6.25. The number of aliphatic hydroxyl groups excluding tert-OH is 1. The summed E-state index contributed by atoms with van der Waals surface area (Å²) in [6, 6.07) is 9.17. The minimum atomic E-state index is -0.145. The summed E-state index contributed by atoms with van der Waals surface area (Å²) in [5, 5.41) is 13.6. The quantitative estimate of drug-likeness (QED) is 0.843. The molecular formula is C18H30N2O. The number of aliphatic hydroxyl groups is 1. The molecule has 1 heterocycles. The zero-order chi connectivity index (χ0) is 15.2. The molecule has 2 N–H and O–H groups in total. The van der Waals surface area contributed by atoms with Gasteiger partial charge in [-0.05, 0) is 43.4 Å². The molecule has 3 nitrogen and oxygen atoms in total. The molecule has 1 aliphatic rings. The molecule has 0 aliphatic carbocycles. The van der Waals surface area contributed by atoms with E-state index in [0.29, 0.717) is 12.0 Å². The lowest BCUT2D eigenvalue weighted by atomic mass is 9.94. The summed E-state index contributed by atoms with van der Waals surface area (Å²) in [6.07, 6.45) is 2.98. The van der Waals surface area contributed by atoms with Crippen molar-refractivity contribution < 1.29 is 5.11 Å². The molecule has 0 aromatic heterocycles. The largest absolute Gasteiger partial charge is 0.393 e. The summed E-state index contributed by atoms with van der Waals surface area (Å²) < 4.78 is 0. The van der Waals surface area contributed by atoms with Gasteiger partial charge < -0.3 is 15.3 Å². The van der Waals surface area contributed by atoms with Crippen LogP contribution in [0.15, 0.2) is 24.3 Å². The first-order valence-corrected chi connectivity index (χ1v) is 8.42. The van der Waals surface area contributed by atoms with Crippen LogP contribution in [0.2, 0.25) is 0 Å². The zero-order valence-corrected chi connectivity index (χ0v) is 13.7. The average molecular weight is 290 g/mol. The molecule has 0 saturated carbocycles. The van der Waals surface area contributed by atoms with E-state index in [-0.39, 0.29) is 6.10 Å². The molecule has 2 rings (SSSR count). The SMILES string of the molecule is CCCNC(CC)c1ccccc1N1CCC(O)C(C)C1. The van der Waals surface area contributed by atoms with Gasteiger partial charge >= 0.3 is 0 Å². The van der Waals surface area contributed by atoms with E-state index < -0.39 is 0 Å². The smallest absolute Gasteiger partial charge is 0.0599 e. The first-order chi connectivity index (χ1) is 10.2. The third kappa shape index (κ3) is 3.98. The molecule has 0 bridgehead atoms. The number of hydrogen-bond acceptors (Lipinski definition) is 3. The van der Waals surface area contributed by atoms with Gasteiger partial charge in [-0.2, -0.15) is 0 Å². The standard InChI is InChI=1S/C18H30N2O/c1-4-11-19-16(5-2)15-8-6-7-9-17(15)20-12-10-18(21)14(3)13-20/h6-9,14,16,18-19,21H,4-5,10-13H2,1-3H3. The van der Waals surface area contributed by atoms with E-state index >= 15 is 0 Å². The molecule has 3 atom stereocenters. The van der Waals surface area contributed by atoms with Crippen molar-refractivity contribution in [2.24, 2.45) is 5.92 Å². The Labute approximate surface area is 129 Å². The van der Waals surface area contributed by atoms with E-state index in [0.717, 1.165) is 38.9 Å². The number of anilines is 1. The number of benzene rings is 1. The molecule has 1 saturated heterocycles. The molecule has 0 radical (unpaired) electrons. The van der Waals surface area contributed by atoms with Crippen LogP contribution < -0.4 is 10.2 Å². The third-order valence-electron chi connectivity index (χ3n) is 4.56. The van der Waals surface area contributed by atoms with Crippen molar-refractivity contribution in [3.8, 4) is 0 Å². The lowest BCUT2D eigenvalue weighted by molar-refractivity contribution is 0.0970. The van der Waals surface area contributed by atoms with Crippen LogP contribution in [0.25, 0.3) is 0 Å². The fraction of sp³-hybridized carbons (Fsp3) is 0.667. The van der Waals surface area contributed by atoms with E-state index in [1.165, 1.54) is 11.3 Å². The summed E-state index contributed by atoms with van der Waals surface area (Å²) in [4.78, 5) is 2.45. The number of nitrogens with zero attached hydrogens (tertiary/aromatic N) is 1. The molecule has 1 fully saturated rings. The van der Waals surface area contributed by atoms with Crippen molar-refractivity contribution in [1.82, 2.24) is 5.32 Å². The Morgan fingerprint density at radius 2 is 2.10 bits per heavy atom. The second kappa shape index (κ2) is 7.81. The van der Waals surface area contributed by atoms with Gasteiger partial charge in [-0.15, -0.1) is 0 Å². The van der Waals surface area contributed by atoms with Crippen LogP contribution in [0, 0.1) is 5.92 Å². The van der Waals surface area contributed by atoms with Gasteiger partial charge in [0.05, 0.1) is 6.10 Å². The van der Waals surface area contributed by atoms with Crippen LogP contribution in [-0.2, 0) is 0 Å². The highest BCUT2D eigenvalue weighted by Crippen LogP contribution is 2.31. The van der Waals surface area contributed by atoms with E-state index in [1.54, 1.807) is 0 Å². The monoisotopic (exact) mass is 290 g/mol. The molecule has 1 aliphatic heterocycles. The van der Waals surface area contributed by atoms with Gasteiger partial charge in [0.25, 0.3) is 0 Å². The first kappa shape index (κ1) is 16.3. The number of rotatable bonds is 6. The predicted molar refractivity (Wildman–Crippen MR) is 89.8 cm³/mol. The number of nitrogens with one attached hydrogen (secondary N) is 1. The predicted octanol–water partition coefficient (Wildman–Crippen LogP) is 3.34. The normalized spacial score (nSPS) is 24.1. The van der Waals surface area contributed by atoms with Gasteiger partial charge in [-0.25, -0.2) is 0 Å². The van der Waals surface area contributed by atoms with Crippen molar-refractivity contribution in [2.45, 2.75) is 52.2 Å². The first-order valence-electron chi connectivity index (χ1n) is 8.42. The van der Waals surface area contributed by atoms with E-state index in [1.807, 2.05) is 0 Å². The highest BCUT2D eigenvalue weighted by atomic mass is 16.3. The van der Waals surface area contributed by atoms with E-state index in [4.69, 9.17) is 0 Å². The molecule has 0 amide bonds. The summed E-state index contributed by atoms with van der Waals surface area (Å²) in [5.41, 5.74) is 2.74. The van der Waals surface area contributed by atoms with Gasteiger partial charge in [-0.3, -0.25) is 0 Å². The van der Waals surface area contributed by atoms with Crippen molar-refractivity contribution >= 4 is 5.69 Å². The van der Waals surface area contributed by atoms with Gasteiger partial charge in [0, 0.05) is 24.8 Å². The highest BCUT2D eigenvalue weighted by molar-refractivity contribution is 5.55. The van der Waals surface area contributed by atoms with Crippen LogP contribution in [0.1, 0.15) is 51.6 Å². The molecule has 118 valence electrons. The van der Waals surface area contributed by atoms with E-state index in [2.05, 4.69) is 55.3 Å². The summed E-state index contributed by atoms with van der Waals surface area (Å²) in [7, 11) is 0. The Bertz CT molecular complexity index is 435. The number of para-hydroxylation sites is 1. The van der Waals surface area contributed by atoms with Crippen LogP contribution in [0.5, 0.6) is 0 Å². The van der Waals surface area contributed by atoms with Crippen LogP contribution in [0.4, 0.5) is 5.69 Å². The molecule has 21 heavy (non-hydrogen) atoms. The minimum Gasteiger partial charge on any atom is -0.393 e. The van der Waals surface area contributed by atoms with Crippen LogP contribution >= 0.6 is 0 Å². The molecular weight excluding hydrogens is 260 g/mol. The van der Waals surface area contributed by atoms with Gasteiger partial charge in [0.1, 0.15) is 0 Å². The fourth-order valence-electron chi connectivity index (χ4n) is 3.21. The Morgan fingerprint density at radius 1 is 1.33 bits per heavy atom. The lowest BCUT2D eigenvalue weighted by Crippen LogP contribution is -2.42. The summed E-state index contributed by atoms with van der Waals surface area (Å²) in [5.74, 6) is 0.343. The maximum absolute atomic E-state index is 9.94. The third-order valence-corrected chi connectivity index (χ3v) is 4.56. The van der Waals surface area contributed by atoms with Gasteiger partial charge in [-0.1, -0.05) is 39.0 Å². The Morgan fingerprint density at radius 3 is 2.76 bits per heavy atom. The van der Waals surface area contributed by atoms with Crippen LogP contribution in [-0.4, -0.2) is 30.8 Å². The van der Waals surface area contributed by atoms with Crippen molar-refractivity contribution in [2.75, 3.05) is 24.5 Å². The van der Waals surface area contributed by atoms with Crippen molar-refractivity contribution in [3.05, 3.63) is 29.8 Å². The Balaban J connectivity index is 2.19. The Kier molecular flexibility index (Phi) is 6.07. The van der Waals surface area contributed by atoms with Crippen molar-refractivity contribution in [1.29, 1.82) is 0 Å². The summed E-state index contributed by atoms with van der Waals surface area (Å²) in [6.45, 7) is 9.55. The lowest BCUT2D eigenvalue weighted by Gasteiger charge is -2.38. The minimum absolute atomic E-state index is 0.145. The fourth-order valence-corrected chi connectivity index (χ4v) is 3.21. The zero-order valence-electron chi connectivity index (χ0n) is 13.7. The second-order valence-corrected chi connectivity index (χ2v) is 6.25. The van der Waals surface area contributed by atoms with Gasteiger partial charge in [0.15, 0.2) is 0 Å². The number of piperidine rings is 1.